The minimum atomic E-state index is -0.896. The predicted octanol–water partition coefficient (Wildman–Crippen LogP) is 3.22. The average Bonchev–Trinajstić information content (AvgIpc) is 3.41. The van der Waals surface area contributed by atoms with Crippen LogP contribution in [0.3, 0.4) is 0 Å². The summed E-state index contributed by atoms with van der Waals surface area (Å²) in [5, 5.41) is 11.7. The number of carbonyl (C=O) groups is 4. The molecule has 0 saturated heterocycles. The largest absolute Gasteiger partial charge is 0.354 e. The molecule has 4 aromatic rings. The number of benzene rings is 3. The quantitative estimate of drug-likeness (QED) is 0.250. The van der Waals surface area contributed by atoms with Crippen LogP contribution < -0.4 is 21.3 Å². The van der Waals surface area contributed by atoms with E-state index in [-0.39, 0.29) is 30.7 Å². The first-order chi connectivity index (χ1) is 23.7. The number of fused-ring (bicyclic) bond motifs is 1. The Morgan fingerprint density at radius 1 is 0.816 bits per heavy atom. The smallest absolute Gasteiger partial charge is 0.251 e. The van der Waals surface area contributed by atoms with Crippen molar-refractivity contribution in [2.24, 2.45) is 5.92 Å². The fourth-order valence-electron chi connectivity index (χ4n) is 6.05. The maximum Gasteiger partial charge on any atom is 0.251 e. The van der Waals surface area contributed by atoms with Crippen molar-refractivity contribution in [3.8, 4) is 0 Å². The summed E-state index contributed by atoms with van der Waals surface area (Å²) in [6.07, 6.45) is 1.67. The topological polar surface area (TPSA) is 137 Å². The van der Waals surface area contributed by atoms with Crippen molar-refractivity contribution in [2.75, 3.05) is 26.2 Å². The Balaban J connectivity index is 1.41. The highest BCUT2D eigenvalue weighted by Crippen LogP contribution is 2.21. The molecule has 4 amide bonds. The van der Waals surface area contributed by atoms with Gasteiger partial charge in [0.1, 0.15) is 17.9 Å². The van der Waals surface area contributed by atoms with Gasteiger partial charge in [-0.1, -0.05) is 74.5 Å². The number of amides is 4. The minimum Gasteiger partial charge on any atom is -0.354 e. The van der Waals surface area contributed by atoms with Gasteiger partial charge >= 0.3 is 0 Å². The van der Waals surface area contributed by atoms with Crippen LogP contribution in [0.4, 0.5) is 0 Å². The highest BCUT2D eigenvalue weighted by molar-refractivity contribution is 5.97. The lowest BCUT2D eigenvalue weighted by Gasteiger charge is -2.25. The van der Waals surface area contributed by atoms with E-state index in [1.165, 1.54) is 0 Å². The molecule has 0 unspecified atom stereocenters. The van der Waals surface area contributed by atoms with E-state index < -0.39 is 18.0 Å². The van der Waals surface area contributed by atoms with E-state index in [2.05, 4.69) is 39.7 Å². The number of rotatable bonds is 6. The SMILES string of the molecule is CC(C)Cc1nc2ccc3cc2n1CCCNC(=O)[C@@H](C)NC(=O)[C@H](Cc1ccccc1)NC(=O)CN(Cc1ccccc1)CCNC3=O. The molecule has 5 rings (SSSR count). The van der Waals surface area contributed by atoms with E-state index in [1.807, 2.05) is 77.7 Å². The van der Waals surface area contributed by atoms with Crippen LogP contribution in [0.5, 0.6) is 0 Å². The van der Waals surface area contributed by atoms with Gasteiger partial charge in [-0.3, -0.25) is 24.1 Å². The number of nitrogens with one attached hydrogen (secondary N) is 4. The highest BCUT2D eigenvalue weighted by Gasteiger charge is 2.26. The van der Waals surface area contributed by atoms with Gasteiger partial charge in [0.15, 0.2) is 0 Å². The monoisotopic (exact) mass is 665 g/mol. The molecule has 0 fully saturated rings. The third-order valence-corrected chi connectivity index (χ3v) is 8.55. The number of imidazole rings is 1. The molecule has 2 heterocycles. The van der Waals surface area contributed by atoms with Crippen molar-refractivity contribution < 1.29 is 19.2 Å². The van der Waals surface area contributed by atoms with Crippen LogP contribution in [0.2, 0.25) is 0 Å². The molecule has 2 bridgehead atoms. The fraction of sp³-hybridized carbons (Fsp3) is 0.395. The minimum absolute atomic E-state index is 0.00312. The van der Waals surface area contributed by atoms with Crippen LogP contribution in [-0.2, 0) is 40.3 Å². The lowest BCUT2D eigenvalue weighted by molar-refractivity contribution is -0.132. The second-order valence-corrected chi connectivity index (χ2v) is 13.1. The standard InChI is InChI=1S/C38H47N7O4/c1-26(2)21-34-42-31-16-15-30-23-33(31)45(34)19-10-17-39-36(47)27(3)41-38(49)32(22-28-11-6-4-7-12-28)43-35(46)25-44(20-18-40-37(30)48)24-29-13-8-5-9-14-29/h4-9,11-16,23,26-27,32H,10,17-22,24-25H2,1-3H3,(H,39,47)(H,40,48)(H,41,49)(H,43,46)/t27-,32+/m1/s1. The molecule has 258 valence electrons. The molecule has 0 aliphatic carbocycles. The van der Waals surface area contributed by atoms with Gasteiger partial charge in [-0.2, -0.15) is 0 Å². The van der Waals surface area contributed by atoms with Crippen LogP contribution in [0, 0.1) is 5.92 Å². The zero-order chi connectivity index (χ0) is 34.8. The van der Waals surface area contributed by atoms with Gasteiger partial charge < -0.3 is 25.8 Å². The number of nitrogens with zero attached hydrogens (tertiary/aromatic N) is 3. The maximum atomic E-state index is 13.6. The van der Waals surface area contributed by atoms with Crippen molar-refractivity contribution in [2.45, 2.75) is 65.2 Å². The molecule has 2 atom stereocenters. The van der Waals surface area contributed by atoms with Gasteiger partial charge in [0.2, 0.25) is 17.7 Å². The Hall–Kier alpha value is -5.03. The highest BCUT2D eigenvalue weighted by atomic mass is 16.2. The number of hydrogen-bond acceptors (Lipinski definition) is 6. The molecule has 0 saturated carbocycles. The maximum absolute atomic E-state index is 13.6. The average molecular weight is 666 g/mol. The summed E-state index contributed by atoms with van der Waals surface area (Å²) in [7, 11) is 0. The van der Waals surface area contributed by atoms with Crippen LogP contribution in [-0.4, -0.2) is 76.3 Å². The van der Waals surface area contributed by atoms with E-state index in [0.717, 1.165) is 34.4 Å². The molecule has 1 aliphatic heterocycles. The van der Waals surface area contributed by atoms with Crippen molar-refractivity contribution in [3.05, 3.63) is 101 Å². The molecule has 1 aromatic heterocycles. The lowest BCUT2D eigenvalue weighted by atomic mass is 10.0. The zero-order valence-corrected chi connectivity index (χ0v) is 28.6. The number of aromatic nitrogens is 2. The van der Waals surface area contributed by atoms with Crippen molar-refractivity contribution in [3.63, 3.8) is 0 Å². The van der Waals surface area contributed by atoms with Crippen LogP contribution in [0.1, 0.15) is 54.5 Å². The number of hydrogen-bond donors (Lipinski definition) is 4. The molecule has 11 heteroatoms. The molecular weight excluding hydrogens is 618 g/mol. The van der Waals surface area contributed by atoms with Gasteiger partial charge in [0.05, 0.1) is 17.6 Å². The summed E-state index contributed by atoms with van der Waals surface area (Å²) in [6.45, 7) is 8.11. The summed E-state index contributed by atoms with van der Waals surface area (Å²) in [6, 6.07) is 23.1. The molecule has 0 radical (unpaired) electrons. The Bertz CT molecular complexity index is 1740. The summed E-state index contributed by atoms with van der Waals surface area (Å²) in [4.78, 5) is 60.3. The predicted molar refractivity (Wildman–Crippen MR) is 190 cm³/mol. The Labute approximate surface area is 287 Å². The van der Waals surface area contributed by atoms with E-state index in [4.69, 9.17) is 4.98 Å². The van der Waals surface area contributed by atoms with E-state index in [0.29, 0.717) is 50.6 Å². The first-order valence-electron chi connectivity index (χ1n) is 17.1. The van der Waals surface area contributed by atoms with Crippen LogP contribution in [0.15, 0.2) is 78.9 Å². The van der Waals surface area contributed by atoms with E-state index in [9.17, 15) is 19.2 Å². The van der Waals surface area contributed by atoms with E-state index >= 15 is 0 Å². The second-order valence-electron chi connectivity index (χ2n) is 13.1. The summed E-state index contributed by atoms with van der Waals surface area (Å²) < 4.78 is 2.14. The lowest BCUT2D eigenvalue weighted by Crippen LogP contribution is -2.54. The molecule has 0 spiro atoms. The number of aryl methyl sites for hydroxylation is 1. The summed E-state index contributed by atoms with van der Waals surface area (Å²) in [5.74, 6) is 0.0243. The van der Waals surface area contributed by atoms with Crippen molar-refractivity contribution in [1.82, 2.24) is 35.7 Å². The normalized spacial score (nSPS) is 19.2. The molecule has 1 aliphatic rings. The Morgan fingerprint density at radius 3 is 2.24 bits per heavy atom. The summed E-state index contributed by atoms with van der Waals surface area (Å²) >= 11 is 0. The third-order valence-electron chi connectivity index (χ3n) is 8.55. The first-order valence-corrected chi connectivity index (χ1v) is 17.1. The molecular formula is C38H47N7O4. The third kappa shape index (κ3) is 9.99. The Morgan fingerprint density at radius 2 is 1.53 bits per heavy atom. The zero-order valence-electron chi connectivity index (χ0n) is 28.6. The molecule has 3 aromatic carbocycles. The number of carbonyl (C=O) groups excluding carboxylic acids is 4. The molecule has 49 heavy (non-hydrogen) atoms. The van der Waals surface area contributed by atoms with Gasteiger partial charge in [0, 0.05) is 51.1 Å². The Kier molecular flexibility index (Phi) is 12.2. The van der Waals surface area contributed by atoms with Gasteiger partial charge in [-0.25, -0.2) is 4.98 Å². The molecule has 11 nitrogen and oxygen atoms in total. The van der Waals surface area contributed by atoms with E-state index in [1.54, 1.807) is 13.0 Å². The van der Waals surface area contributed by atoms with Gasteiger partial charge in [-0.05, 0) is 48.6 Å². The van der Waals surface area contributed by atoms with Crippen molar-refractivity contribution in [1.29, 1.82) is 0 Å². The van der Waals surface area contributed by atoms with Crippen LogP contribution in [0.25, 0.3) is 11.0 Å². The van der Waals surface area contributed by atoms with Gasteiger partial charge in [-0.15, -0.1) is 0 Å². The summed E-state index contributed by atoms with van der Waals surface area (Å²) in [5.41, 5.74) is 4.10. The van der Waals surface area contributed by atoms with Gasteiger partial charge in [0.25, 0.3) is 5.91 Å². The fourth-order valence-corrected chi connectivity index (χ4v) is 6.05. The first kappa shape index (κ1) is 35.3. The second kappa shape index (κ2) is 16.9. The molecule has 4 N–H and O–H groups in total. The van der Waals surface area contributed by atoms with Crippen molar-refractivity contribution >= 4 is 34.7 Å². The van der Waals surface area contributed by atoms with Crippen LogP contribution >= 0.6 is 0 Å².